The predicted octanol–water partition coefficient (Wildman–Crippen LogP) is 5.34. The van der Waals surface area contributed by atoms with Crippen molar-refractivity contribution in [1.82, 2.24) is 0 Å². The van der Waals surface area contributed by atoms with E-state index >= 15 is 0 Å². The second-order valence-electron chi connectivity index (χ2n) is 7.65. The van der Waals surface area contributed by atoms with Crippen molar-refractivity contribution in [1.29, 1.82) is 0 Å². The van der Waals surface area contributed by atoms with E-state index in [9.17, 15) is 22.4 Å². The third-order valence-electron chi connectivity index (χ3n) is 5.42. The number of rotatable bonds is 6. The van der Waals surface area contributed by atoms with Crippen molar-refractivity contribution in [3.63, 3.8) is 0 Å². The molecule has 2 aromatic rings. The van der Waals surface area contributed by atoms with Crippen LogP contribution < -0.4 is 0 Å². The van der Waals surface area contributed by atoms with E-state index in [0.29, 0.717) is 6.54 Å². The number of hydrogen-bond donors (Lipinski definition) is 0. The Morgan fingerprint density at radius 2 is 1.72 bits per heavy atom. The molecule has 0 amide bonds. The zero-order valence-electron chi connectivity index (χ0n) is 16.4. The van der Waals surface area contributed by atoms with Gasteiger partial charge in [0.1, 0.15) is 0 Å². The van der Waals surface area contributed by atoms with E-state index in [-0.39, 0.29) is 11.0 Å². The number of esters is 1. The normalized spacial score (nSPS) is 15.6. The fraction of sp³-hybridized carbons (Fsp3) is 0.364. The largest absolute Gasteiger partial charge is 0.455 e. The molecule has 0 atom stereocenters. The van der Waals surface area contributed by atoms with E-state index in [1.54, 1.807) is 12.1 Å². The van der Waals surface area contributed by atoms with Crippen molar-refractivity contribution in [3.8, 4) is 0 Å². The van der Waals surface area contributed by atoms with E-state index in [2.05, 4.69) is 42.2 Å². The van der Waals surface area contributed by atoms with Crippen LogP contribution in [0.15, 0.2) is 48.5 Å². The molecule has 1 aliphatic heterocycles. The van der Waals surface area contributed by atoms with Gasteiger partial charge in [0.05, 0.1) is 11.0 Å². The Morgan fingerprint density at radius 1 is 1.10 bits per heavy atom. The summed E-state index contributed by atoms with van der Waals surface area (Å²) in [6.07, 6.45) is -3.88. The van der Waals surface area contributed by atoms with Gasteiger partial charge in [0.15, 0.2) is 18.9 Å². The zero-order chi connectivity index (χ0) is 21.4. The van der Waals surface area contributed by atoms with E-state index in [1.165, 1.54) is 23.4 Å². The van der Waals surface area contributed by atoms with Crippen molar-refractivity contribution in [2.24, 2.45) is 0 Å². The summed E-state index contributed by atoms with van der Waals surface area (Å²) in [7, 11) is 0. The van der Waals surface area contributed by atoms with Crippen molar-refractivity contribution in [2.45, 2.75) is 45.1 Å². The number of fused-ring (bicyclic) bond motifs is 1. The summed E-state index contributed by atoms with van der Waals surface area (Å²) < 4.78 is 56.6. The molecule has 0 spiro atoms. The Kier molecular flexibility index (Phi) is 5.52. The minimum absolute atomic E-state index is 0.0293. The predicted molar refractivity (Wildman–Crippen MR) is 101 cm³/mol. The van der Waals surface area contributed by atoms with Crippen LogP contribution in [0.4, 0.5) is 23.2 Å². The monoisotopic (exact) mass is 408 g/mol. The number of carbonyl (C=O) groups excluding carboxylic acids is 1. The molecule has 0 unspecified atom stereocenters. The van der Waals surface area contributed by atoms with E-state index in [1.807, 2.05) is 12.1 Å². The summed E-state index contributed by atoms with van der Waals surface area (Å²) in [5.74, 6) is -5.42. The minimum atomic E-state index is -4.36. The number of hydrogen-bond acceptors (Lipinski definition) is 2. The van der Waals surface area contributed by atoms with Gasteiger partial charge in [-0.05, 0) is 26.0 Å². The quantitative estimate of drug-likeness (QED) is 0.367. The molecule has 0 N–H and O–H groups in total. The SMILES string of the molecule is CC1=[N+](Cc2ccc(C(=O)OCC(F)(F)C(F)F)cc2)c2ccccc2C1(C)C. The highest BCUT2D eigenvalue weighted by molar-refractivity contribution is 5.93. The van der Waals surface area contributed by atoms with Crippen LogP contribution in [-0.4, -0.2) is 35.2 Å². The Hall–Kier alpha value is -2.70. The molecule has 7 heteroatoms. The second-order valence-corrected chi connectivity index (χ2v) is 7.65. The first-order chi connectivity index (χ1) is 13.5. The topological polar surface area (TPSA) is 29.3 Å². The molecular weight excluding hydrogens is 386 g/mol. The van der Waals surface area contributed by atoms with Gasteiger partial charge < -0.3 is 4.74 Å². The van der Waals surface area contributed by atoms with Crippen LogP contribution >= 0.6 is 0 Å². The number of ether oxygens (including phenoxy) is 1. The van der Waals surface area contributed by atoms with Gasteiger partial charge in [-0.15, -0.1) is 0 Å². The first kappa shape index (κ1) is 21.0. The molecule has 0 radical (unpaired) electrons. The molecule has 0 aliphatic carbocycles. The molecule has 0 aromatic heterocycles. The summed E-state index contributed by atoms with van der Waals surface area (Å²) in [6.45, 7) is 5.32. The lowest BCUT2D eigenvalue weighted by Crippen LogP contribution is -2.33. The van der Waals surface area contributed by atoms with Crippen molar-refractivity contribution in [3.05, 3.63) is 65.2 Å². The molecule has 154 valence electrons. The summed E-state index contributed by atoms with van der Waals surface area (Å²) in [6, 6.07) is 14.4. The number of benzene rings is 2. The molecule has 0 saturated carbocycles. The summed E-state index contributed by atoms with van der Waals surface area (Å²) in [5.41, 5.74) is 4.38. The summed E-state index contributed by atoms with van der Waals surface area (Å²) in [4.78, 5) is 11.9. The molecule has 0 bridgehead atoms. The van der Waals surface area contributed by atoms with Crippen molar-refractivity contribution >= 4 is 17.4 Å². The van der Waals surface area contributed by atoms with Gasteiger partial charge in [-0.1, -0.05) is 30.3 Å². The van der Waals surface area contributed by atoms with Crippen LogP contribution in [0, 0.1) is 0 Å². The van der Waals surface area contributed by atoms with Crippen LogP contribution in [0.2, 0.25) is 0 Å². The maximum atomic E-state index is 12.9. The molecule has 0 saturated heterocycles. The fourth-order valence-electron chi connectivity index (χ4n) is 3.39. The van der Waals surface area contributed by atoms with E-state index in [4.69, 9.17) is 0 Å². The average molecular weight is 408 g/mol. The molecule has 29 heavy (non-hydrogen) atoms. The molecule has 1 heterocycles. The first-order valence-corrected chi connectivity index (χ1v) is 9.17. The Bertz CT molecular complexity index is 950. The number of alkyl halides is 4. The van der Waals surface area contributed by atoms with Crippen LogP contribution in [0.5, 0.6) is 0 Å². The molecule has 3 rings (SSSR count). The number of nitrogens with zero attached hydrogens (tertiary/aromatic N) is 1. The van der Waals surface area contributed by atoms with E-state index in [0.717, 1.165) is 11.3 Å². The lowest BCUT2D eigenvalue weighted by molar-refractivity contribution is -0.456. The lowest BCUT2D eigenvalue weighted by atomic mass is 9.82. The highest BCUT2D eigenvalue weighted by Crippen LogP contribution is 2.39. The second kappa shape index (κ2) is 7.61. The molecule has 1 aliphatic rings. The lowest BCUT2D eigenvalue weighted by Gasteiger charge is -2.15. The Balaban J connectivity index is 1.73. The molecule has 2 aromatic carbocycles. The summed E-state index contributed by atoms with van der Waals surface area (Å²) in [5, 5.41) is 0. The number of para-hydroxylation sites is 1. The third kappa shape index (κ3) is 4.04. The zero-order valence-corrected chi connectivity index (χ0v) is 16.4. The van der Waals surface area contributed by atoms with Crippen LogP contribution in [0.25, 0.3) is 0 Å². The first-order valence-electron chi connectivity index (χ1n) is 9.17. The molecule has 0 fully saturated rings. The van der Waals surface area contributed by atoms with Gasteiger partial charge in [0.2, 0.25) is 5.69 Å². The Morgan fingerprint density at radius 3 is 2.34 bits per heavy atom. The highest BCUT2D eigenvalue weighted by Gasteiger charge is 2.43. The van der Waals surface area contributed by atoms with Crippen LogP contribution in [-0.2, 0) is 16.7 Å². The Labute approximate surface area is 166 Å². The van der Waals surface area contributed by atoms with Gasteiger partial charge in [0.25, 0.3) is 0 Å². The van der Waals surface area contributed by atoms with Gasteiger partial charge in [-0.25, -0.2) is 13.6 Å². The van der Waals surface area contributed by atoms with Gasteiger partial charge >= 0.3 is 18.3 Å². The number of carbonyl (C=O) groups is 1. The number of halogens is 4. The van der Waals surface area contributed by atoms with Gasteiger partial charge in [-0.3, -0.25) is 0 Å². The average Bonchev–Trinajstić information content (AvgIpc) is 2.88. The smallest absolute Gasteiger partial charge is 0.340 e. The molecular formula is C22H22F4NO2+. The minimum Gasteiger partial charge on any atom is -0.455 e. The highest BCUT2D eigenvalue weighted by atomic mass is 19.3. The maximum absolute atomic E-state index is 12.9. The maximum Gasteiger partial charge on any atom is 0.340 e. The van der Waals surface area contributed by atoms with Crippen molar-refractivity contribution < 1.29 is 31.7 Å². The standard InChI is InChI=1S/C22H22F4NO2/c1-14-21(2,3)17-6-4-5-7-18(17)27(14)12-15-8-10-16(11-9-15)19(28)29-13-22(25,26)20(23)24/h4-11,20H,12-13H2,1-3H3/q+1. The fourth-order valence-corrected chi connectivity index (χ4v) is 3.39. The van der Waals surface area contributed by atoms with Gasteiger partial charge in [-0.2, -0.15) is 13.4 Å². The third-order valence-corrected chi connectivity index (χ3v) is 5.42. The van der Waals surface area contributed by atoms with Crippen molar-refractivity contribution in [2.75, 3.05) is 6.61 Å². The van der Waals surface area contributed by atoms with Crippen LogP contribution in [0.3, 0.4) is 0 Å². The van der Waals surface area contributed by atoms with Crippen LogP contribution in [0.1, 0.15) is 42.3 Å². The van der Waals surface area contributed by atoms with E-state index < -0.39 is 24.9 Å². The molecule has 3 nitrogen and oxygen atoms in total. The van der Waals surface area contributed by atoms with Gasteiger partial charge in [0, 0.05) is 24.1 Å². The summed E-state index contributed by atoms with van der Waals surface area (Å²) >= 11 is 0.